The molecule has 0 fully saturated rings. The Morgan fingerprint density at radius 2 is 0.755 bits per heavy atom. The van der Waals surface area contributed by atoms with E-state index in [1.54, 1.807) is 6.07 Å². The molecular weight excluding hydrogens is 597 g/mol. The van der Waals surface area contributed by atoms with E-state index < -0.39 is 36.3 Å². The van der Waals surface area contributed by atoms with Gasteiger partial charge < -0.3 is 4.57 Å². The van der Waals surface area contributed by atoms with Crippen molar-refractivity contribution in [2.24, 2.45) is 0 Å². The molecule has 0 amide bonds. The van der Waals surface area contributed by atoms with Crippen LogP contribution in [0.3, 0.4) is 0 Å². The molecule has 2 aromatic heterocycles. The fourth-order valence-electron chi connectivity index (χ4n) is 6.14. The maximum absolute atomic E-state index is 9.09. The number of aromatic nitrogens is 4. The summed E-state index contributed by atoms with van der Waals surface area (Å²) < 4.78 is 71.7. The first kappa shape index (κ1) is 21.3. The van der Waals surface area contributed by atoms with E-state index in [-0.39, 0.29) is 33.9 Å². The molecule has 7 aromatic carbocycles. The third kappa shape index (κ3) is 5.35. The fraction of sp³-hybridized carbons (Fsp3) is 0. The zero-order valence-electron chi connectivity index (χ0n) is 34.0. The second kappa shape index (κ2) is 12.2. The van der Waals surface area contributed by atoms with Gasteiger partial charge in [-0.15, -0.1) is 0 Å². The van der Waals surface area contributed by atoms with Gasteiger partial charge in [-0.05, 0) is 52.5 Å². The molecule has 0 aliphatic carbocycles. The highest BCUT2D eigenvalue weighted by atomic mass is 15.0. The fourth-order valence-corrected chi connectivity index (χ4v) is 6.14. The summed E-state index contributed by atoms with van der Waals surface area (Å²) in [7, 11) is 0. The van der Waals surface area contributed by atoms with Gasteiger partial charge in [0, 0.05) is 33.2 Å². The molecule has 0 saturated heterocycles. The van der Waals surface area contributed by atoms with Crippen molar-refractivity contribution in [3.05, 3.63) is 182 Å². The van der Waals surface area contributed by atoms with Gasteiger partial charge in [0.2, 0.25) is 0 Å². The Balaban J connectivity index is 1.35. The Morgan fingerprint density at radius 1 is 0.367 bits per heavy atom. The van der Waals surface area contributed by atoms with Crippen LogP contribution >= 0.6 is 0 Å². The van der Waals surface area contributed by atoms with Gasteiger partial charge in [0.15, 0.2) is 17.5 Å². The van der Waals surface area contributed by atoms with E-state index in [0.29, 0.717) is 28.7 Å². The Kier molecular flexibility index (Phi) is 5.29. The van der Waals surface area contributed by atoms with Crippen molar-refractivity contribution in [1.29, 1.82) is 0 Å². The lowest BCUT2D eigenvalue weighted by atomic mass is 10.0. The van der Waals surface area contributed by atoms with Crippen LogP contribution in [0, 0.1) is 0 Å². The predicted molar refractivity (Wildman–Crippen MR) is 201 cm³/mol. The topological polar surface area (TPSA) is 43.6 Å². The van der Waals surface area contributed by atoms with Crippen LogP contribution in [-0.4, -0.2) is 19.5 Å². The number of benzene rings is 7. The van der Waals surface area contributed by atoms with Gasteiger partial charge in [0.1, 0.15) is 0 Å². The minimum atomic E-state index is -0.499. The molecule has 230 valence electrons. The summed E-state index contributed by atoms with van der Waals surface area (Å²) in [5.74, 6) is 1.20. The summed E-state index contributed by atoms with van der Waals surface area (Å²) in [6, 6.07) is 39.3. The molecule has 0 N–H and O–H groups in total. The largest absolute Gasteiger partial charge is 0.309 e. The Labute approximate surface area is 295 Å². The van der Waals surface area contributed by atoms with Crippen molar-refractivity contribution < 1.29 is 11.0 Å². The van der Waals surface area contributed by atoms with Crippen LogP contribution in [0.2, 0.25) is 0 Å². The van der Waals surface area contributed by atoms with Crippen molar-refractivity contribution in [3.8, 4) is 62.1 Å². The first-order chi connectivity index (χ1) is 27.6. The lowest BCUT2D eigenvalue weighted by Gasteiger charge is -2.14. The average Bonchev–Trinajstić information content (AvgIpc) is 3.63. The molecule has 9 aromatic rings. The summed E-state index contributed by atoms with van der Waals surface area (Å²) >= 11 is 0. The third-order valence-corrected chi connectivity index (χ3v) is 8.49. The minimum absolute atomic E-state index is 0.00225. The predicted octanol–water partition coefficient (Wildman–Crippen LogP) is 11.3. The Bertz CT molecular complexity index is 2950. The van der Waals surface area contributed by atoms with Crippen LogP contribution in [0.25, 0.3) is 83.9 Å². The SMILES string of the molecule is [2H]c1c([2H])c([2H])c2c(c1[2H])c1c([2H])c([2H])c([2H])c([2H])c1n2-c1cc(-c2ccccc2)cc(-c2nc(-c3ccccc3)nc(-c3ccc(-c4ccccc4)cc3)n2)c1. The van der Waals surface area contributed by atoms with Gasteiger partial charge >= 0.3 is 0 Å². The maximum atomic E-state index is 9.09. The van der Waals surface area contributed by atoms with E-state index in [4.69, 9.17) is 25.9 Å². The first-order valence-corrected chi connectivity index (χ1v) is 15.8. The average molecular weight is 635 g/mol. The molecular formula is C45H30N4. The second-order valence-electron chi connectivity index (χ2n) is 11.5. The summed E-state index contributed by atoms with van der Waals surface area (Å²) in [6.07, 6.45) is 0. The summed E-state index contributed by atoms with van der Waals surface area (Å²) in [4.78, 5) is 14.9. The van der Waals surface area contributed by atoms with Crippen molar-refractivity contribution in [2.75, 3.05) is 0 Å². The monoisotopic (exact) mass is 634 g/mol. The lowest BCUT2D eigenvalue weighted by molar-refractivity contribution is 1.07. The highest BCUT2D eigenvalue weighted by Crippen LogP contribution is 2.36. The summed E-state index contributed by atoms with van der Waals surface area (Å²) in [5, 5.41) is 0.00449. The van der Waals surface area contributed by atoms with Crippen LogP contribution < -0.4 is 0 Å². The minimum Gasteiger partial charge on any atom is -0.309 e. The smallest absolute Gasteiger partial charge is 0.164 e. The van der Waals surface area contributed by atoms with E-state index in [2.05, 4.69) is 12.1 Å². The molecule has 2 heterocycles. The molecule has 0 spiro atoms. The van der Waals surface area contributed by atoms with Crippen molar-refractivity contribution >= 4 is 21.8 Å². The van der Waals surface area contributed by atoms with Crippen LogP contribution in [0.4, 0.5) is 0 Å². The quantitative estimate of drug-likeness (QED) is 0.183. The lowest BCUT2D eigenvalue weighted by Crippen LogP contribution is -2.02. The number of hydrogen-bond acceptors (Lipinski definition) is 3. The molecule has 0 bridgehead atoms. The van der Waals surface area contributed by atoms with Crippen LogP contribution in [-0.2, 0) is 0 Å². The number of rotatable bonds is 6. The van der Waals surface area contributed by atoms with E-state index in [1.165, 1.54) is 4.57 Å². The molecule has 9 rings (SSSR count). The first-order valence-electron chi connectivity index (χ1n) is 19.8. The van der Waals surface area contributed by atoms with E-state index in [0.717, 1.165) is 33.4 Å². The number of fused-ring (bicyclic) bond motifs is 3. The zero-order chi connectivity index (χ0) is 39.5. The van der Waals surface area contributed by atoms with Crippen molar-refractivity contribution in [3.63, 3.8) is 0 Å². The molecule has 0 atom stereocenters. The number of hydrogen-bond donors (Lipinski definition) is 0. The number of para-hydroxylation sites is 2. The second-order valence-corrected chi connectivity index (χ2v) is 11.5. The normalized spacial score (nSPS) is 13.6. The van der Waals surface area contributed by atoms with Gasteiger partial charge in [-0.3, -0.25) is 0 Å². The molecule has 4 heteroatoms. The molecule has 0 aliphatic rings. The van der Waals surface area contributed by atoms with Crippen molar-refractivity contribution in [1.82, 2.24) is 19.5 Å². The van der Waals surface area contributed by atoms with Gasteiger partial charge in [0.05, 0.1) is 22.0 Å². The molecule has 49 heavy (non-hydrogen) atoms. The van der Waals surface area contributed by atoms with Crippen molar-refractivity contribution in [2.45, 2.75) is 0 Å². The van der Waals surface area contributed by atoms with E-state index in [1.807, 2.05) is 115 Å². The van der Waals surface area contributed by atoms with Crippen LogP contribution in [0.15, 0.2) is 182 Å². The molecule has 0 unspecified atom stereocenters. The maximum Gasteiger partial charge on any atom is 0.164 e. The molecule has 0 saturated carbocycles. The molecule has 4 nitrogen and oxygen atoms in total. The van der Waals surface area contributed by atoms with Gasteiger partial charge in [-0.2, -0.15) is 0 Å². The summed E-state index contributed by atoms with van der Waals surface area (Å²) in [6.45, 7) is 0. The Hall–Kier alpha value is -6.65. The highest BCUT2D eigenvalue weighted by molar-refractivity contribution is 6.09. The van der Waals surface area contributed by atoms with Gasteiger partial charge in [0.25, 0.3) is 0 Å². The van der Waals surface area contributed by atoms with E-state index >= 15 is 0 Å². The zero-order valence-corrected chi connectivity index (χ0v) is 26.0. The summed E-state index contributed by atoms with van der Waals surface area (Å²) in [5.41, 5.74) is 6.20. The number of nitrogens with zero attached hydrogens (tertiary/aromatic N) is 4. The molecule has 0 radical (unpaired) electrons. The Morgan fingerprint density at radius 3 is 1.31 bits per heavy atom. The van der Waals surface area contributed by atoms with Crippen LogP contribution in [0.5, 0.6) is 0 Å². The van der Waals surface area contributed by atoms with Gasteiger partial charge in [-0.1, -0.05) is 152 Å². The third-order valence-electron chi connectivity index (χ3n) is 8.49. The van der Waals surface area contributed by atoms with E-state index in [9.17, 15) is 0 Å². The van der Waals surface area contributed by atoms with Crippen LogP contribution in [0.1, 0.15) is 11.0 Å². The highest BCUT2D eigenvalue weighted by Gasteiger charge is 2.17. The van der Waals surface area contributed by atoms with Gasteiger partial charge in [-0.25, -0.2) is 15.0 Å². The molecule has 0 aliphatic heterocycles. The standard InChI is InChI=1S/C45H30N4/c1-4-14-31(15-5-1)33-24-26-35(27-25-33)44-46-43(34-18-8-3-9-19-34)47-45(48-44)37-28-36(32-16-6-2-7-17-32)29-38(30-37)49-41-22-12-10-20-39(41)40-21-11-13-23-42(40)49/h1-30H/i10D,11D,12D,13D,20D,21D,22D,23D.